The smallest absolute Gasteiger partial charge is 0.354 e. The Morgan fingerprint density at radius 1 is 1.12 bits per heavy atom. The van der Waals surface area contributed by atoms with E-state index in [1.54, 1.807) is 34.6 Å². The Morgan fingerprint density at radius 3 is 2.58 bits per heavy atom. The van der Waals surface area contributed by atoms with E-state index in [-0.39, 0.29) is 10.6 Å². The summed E-state index contributed by atoms with van der Waals surface area (Å²) in [5, 5.41) is 12.0. The molecule has 138 valence electrons. The highest BCUT2D eigenvalue weighted by Gasteiger charge is 2.25. The number of hydrogen-bond acceptors (Lipinski definition) is 5. The molecule has 0 bridgehead atoms. The van der Waals surface area contributed by atoms with Crippen molar-refractivity contribution in [3.63, 3.8) is 0 Å². The zero-order valence-corrected chi connectivity index (χ0v) is 15.1. The zero-order valence-electron chi connectivity index (χ0n) is 14.3. The van der Waals surface area contributed by atoms with Gasteiger partial charge in [-0.05, 0) is 42.7 Å². The molecule has 1 aliphatic heterocycles. The minimum absolute atomic E-state index is 0.0450. The molecule has 0 unspecified atom stereocenters. The Morgan fingerprint density at radius 2 is 1.85 bits per heavy atom. The Kier molecular flexibility index (Phi) is 5.53. The van der Waals surface area contributed by atoms with Gasteiger partial charge in [-0.25, -0.2) is 18.2 Å². The van der Waals surface area contributed by atoms with Crippen LogP contribution in [0.1, 0.15) is 35.3 Å². The topological polar surface area (TPSA) is 99.6 Å². The number of anilines is 1. The lowest BCUT2D eigenvalue weighted by molar-refractivity contribution is 0.0690. The molecule has 0 atom stereocenters. The first kappa shape index (κ1) is 18.3. The molecule has 2 N–H and O–H groups in total. The summed E-state index contributed by atoms with van der Waals surface area (Å²) >= 11 is 0. The summed E-state index contributed by atoms with van der Waals surface area (Å²) in [5.74, 6) is -0.669. The van der Waals surface area contributed by atoms with Crippen LogP contribution in [0, 0.1) is 0 Å². The lowest BCUT2D eigenvalue weighted by Crippen LogP contribution is -2.35. The molecule has 1 aromatic carbocycles. The summed E-state index contributed by atoms with van der Waals surface area (Å²) in [7, 11) is -3.47. The molecule has 1 aromatic heterocycles. The minimum Gasteiger partial charge on any atom is -0.477 e. The van der Waals surface area contributed by atoms with Gasteiger partial charge in [0.1, 0.15) is 5.82 Å². The predicted molar refractivity (Wildman–Crippen MR) is 97.6 cm³/mol. The van der Waals surface area contributed by atoms with E-state index in [4.69, 9.17) is 5.11 Å². The van der Waals surface area contributed by atoms with Gasteiger partial charge in [-0.1, -0.05) is 24.6 Å². The number of rotatable bonds is 6. The van der Waals surface area contributed by atoms with Crippen LogP contribution >= 0.6 is 0 Å². The maximum atomic E-state index is 12.8. The maximum absolute atomic E-state index is 12.8. The molecule has 1 saturated heterocycles. The zero-order chi connectivity index (χ0) is 18.6. The number of aromatic nitrogens is 1. The molecule has 8 heteroatoms. The van der Waals surface area contributed by atoms with Crippen LogP contribution in [0.3, 0.4) is 0 Å². The molecule has 1 aliphatic rings. The van der Waals surface area contributed by atoms with E-state index >= 15 is 0 Å². The third kappa shape index (κ3) is 4.20. The van der Waals surface area contributed by atoms with Gasteiger partial charge in [-0.3, -0.25) is 0 Å². The molecular weight excluding hydrogens is 354 g/mol. The van der Waals surface area contributed by atoms with Crippen LogP contribution in [0.15, 0.2) is 47.4 Å². The Labute approximate surface area is 152 Å². The Balaban J connectivity index is 1.73. The van der Waals surface area contributed by atoms with Crippen LogP contribution in [0.2, 0.25) is 0 Å². The highest BCUT2D eigenvalue weighted by molar-refractivity contribution is 7.89. The van der Waals surface area contributed by atoms with E-state index in [2.05, 4.69) is 10.3 Å². The van der Waals surface area contributed by atoms with Crippen molar-refractivity contribution in [2.75, 3.05) is 18.4 Å². The van der Waals surface area contributed by atoms with Crippen LogP contribution in [0.4, 0.5) is 5.82 Å². The van der Waals surface area contributed by atoms with Gasteiger partial charge in [-0.2, -0.15) is 4.31 Å². The largest absolute Gasteiger partial charge is 0.477 e. The molecular formula is C18H21N3O4S. The molecule has 2 aromatic rings. The molecule has 26 heavy (non-hydrogen) atoms. The second kappa shape index (κ2) is 7.84. The summed E-state index contributed by atoms with van der Waals surface area (Å²) in [6.45, 7) is 1.48. The van der Waals surface area contributed by atoms with Crippen molar-refractivity contribution < 1.29 is 18.3 Å². The number of hydrogen-bond donors (Lipinski definition) is 2. The summed E-state index contributed by atoms with van der Waals surface area (Å²) in [4.78, 5) is 15.2. The number of carboxylic acids is 1. The second-order valence-corrected chi connectivity index (χ2v) is 8.12. The van der Waals surface area contributed by atoms with Crippen LogP contribution in [0.25, 0.3) is 0 Å². The Hall–Kier alpha value is -2.45. The third-order valence-electron chi connectivity index (χ3n) is 4.29. The number of pyridine rings is 1. The van der Waals surface area contributed by atoms with Crippen molar-refractivity contribution in [1.82, 2.24) is 9.29 Å². The normalized spacial score (nSPS) is 15.5. The highest BCUT2D eigenvalue weighted by Crippen LogP contribution is 2.21. The number of nitrogens with zero attached hydrogens (tertiary/aromatic N) is 2. The SMILES string of the molecule is O=C(O)c1cccc(NCc2cccc(S(=O)(=O)N3CCCCC3)c2)n1. The van der Waals surface area contributed by atoms with Gasteiger partial charge in [0.2, 0.25) is 10.0 Å². The quantitative estimate of drug-likeness (QED) is 0.805. The fraction of sp³-hybridized carbons (Fsp3) is 0.333. The van der Waals surface area contributed by atoms with Gasteiger partial charge < -0.3 is 10.4 Å². The van der Waals surface area contributed by atoms with Crippen molar-refractivity contribution >= 4 is 21.8 Å². The number of aromatic carboxylic acids is 1. The number of carboxylic acid groups (broad SMARTS) is 1. The van der Waals surface area contributed by atoms with E-state index in [1.165, 1.54) is 6.07 Å². The summed E-state index contributed by atoms with van der Waals surface area (Å²) < 4.78 is 27.1. The monoisotopic (exact) mass is 375 g/mol. The molecule has 3 rings (SSSR count). The van der Waals surface area contributed by atoms with E-state index in [9.17, 15) is 13.2 Å². The summed E-state index contributed by atoms with van der Waals surface area (Å²) in [6.07, 6.45) is 2.86. The van der Waals surface area contributed by atoms with Gasteiger partial charge >= 0.3 is 5.97 Å². The second-order valence-electron chi connectivity index (χ2n) is 6.18. The maximum Gasteiger partial charge on any atom is 0.354 e. The van der Waals surface area contributed by atoms with Gasteiger partial charge in [-0.15, -0.1) is 0 Å². The van der Waals surface area contributed by atoms with Gasteiger partial charge in [0.25, 0.3) is 0 Å². The van der Waals surface area contributed by atoms with Crippen molar-refractivity contribution in [3.05, 3.63) is 53.7 Å². The van der Waals surface area contributed by atoms with Gasteiger partial charge in [0.15, 0.2) is 5.69 Å². The van der Waals surface area contributed by atoms with E-state index < -0.39 is 16.0 Å². The minimum atomic E-state index is -3.47. The molecule has 0 spiro atoms. The lowest BCUT2D eigenvalue weighted by Gasteiger charge is -2.26. The van der Waals surface area contributed by atoms with Crippen LogP contribution in [-0.2, 0) is 16.6 Å². The highest BCUT2D eigenvalue weighted by atomic mass is 32.2. The van der Waals surface area contributed by atoms with E-state index in [0.29, 0.717) is 25.5 Å². The molecule has 2 heterocycles. The van der Waals surface area contributed by atoms with Gasteiger partial charge in [0.05, 0.1) is 4.90 Å². The first-order valence-electron chi connectivity index (χ1n) is 8.50. The fourth-order valence-corrected chi connectivity index (χ4v) is 4.50. The van der Waals surface area contributed by atoms with E-state index in [1.807, 2.05) is 6.07 Å². The van der Waals surface area contributed by atoms with Crippen molar-refractivity contribution in [1.29, 1.82) is 0 Å². The standard InChI is InChI=1S/C18H21N3O4S/c22-18(23)16-8-5-9-17(20-16)19-13-14-6-4-7-15(12-14)26(24,25)21-10-2-1-3-11-21/h4-9,12H,1-3,10-11,13H2,(H,19,20)(H,22,23). The fourth-order valence-electron chi connectivity index (χ4n) is 2.92. The van der Waals surface area contributed by atoms with Crippen molar-refractivity contribution in [3.8, 4) is 0 Å². The van der Waals surface area contributed by atoms with E-state index in [0.717, 1.165) is 24.8 Å². The van der Waals surface area contributed by atoms with Crippen molar-refractivity contribution in [2.45, 2.75) is 30.7 Å². The molecule has 7 nitrogen and oxygen atoms in total. The number of nitrogens with one attached hydrogen (secondary N) is 1. The van der Waals surface area contributed by atoms with Crippen molar-refractivity contribution in [2.24, 2.45) is 0 Å². The van der Waals surface area contributed by atoms with Crippen LogP contribution < -0.4 is 5.32 Å². The van der Waals surface area contributed by atoms with Crippen LogP contribution in [-0.4, -0.2) is 41.9 Å². The average molecular weight is 375 g/mol. The average Bonchev–Trinajstić information content (AvgIpc) is 2.67. The molecule has 0 saturated carbocycles. The molecule has 0 radical (unpaired) electrons. The summed E-state index contributed by atoms with van der Waals surface area (Å²) in [6, 6.07) is 11.5. The van der Waals surface area contributed by atoms with Crippen LogP contribution in [0.5, 0.6) is 0 Å². The lowest BCUT2D eigenvalue weighted by atomic mass is 10.2. The molecule has 0 aliphatic carbocycles. The Bertz CT molecular complexity index is 893. The number of sulfonamides is 1. The molecule has 0 amide bonds. The number of piperidine rings is 1. The number of carbonyl (C=O) groups is 1. The summed E-state index contributed by atoms with van der Waals surface area (Å²) in [5.41, 5.74) is 0.738. The third-order valence-corrected chi connectivity index (χ3v) is 6.19. The van der Waals surface area contributed by atoms with Gasteiger partial charge in [0, 0.05) is 19.6 Å². The predicted octanol–water partition coefficient (Wildman–Crippen LogP) is 2.57. The first-order valence-corrected chi connectivity index (χ1v) is 9.94. The molecule has 1 fully saturated rings. The first-order chi connectivity index (χ1) is 12.5. The number of benzene rings is 1.